The van der Waals surface area contributed by atoms with Crippen LogP contribution in [0, 0.1) is 0 Å². The van der Waals surface area contributed by atoms with Crippen molar-refractivity contribution in [3.05, 3.63) is 80.8 Å². The fraction of sp³-hybridized carbons (Fsp3) is 0.231. The van der Waals surface area contributed by atoms with Crippen LogP contribution in [0.1, 0.15) is 5.56 Å². The summed E-state index contributed by atoms with van der Waals surface area (Å²) in [7, 11) is 1.53. The van der Waals surface area contributed by atoms with Gasteiger partial charge in [0, 0.05) is 43.9 Å². The normalized spacial score (nSPS) is 13.5. The molecule has 1 aliphatic rings. The van der Waals surface area contributed by atoms with Crippen molar-refractivity contribution >= 4 is 57.5 Å². The summed E-state index contributed by atoms with van der Waals surface area (Å²) in [6.45, 7) is 2.88. The number of amides is 1. The van der Waals surface area contributed by atoms with Crippen LogP contribution in [-0.2, 0) is 11.3 Å². The van der Waals surface area contributed by atoms with Gasteiger partial charge >= 0.3 is 6.09 Å². The largest absolute Gasteiger partial charge is 0.465 e. The lowest BCUT2D eigenvalue weighted by molar-refractivity contribution is 0.122. The number of pyridine rings is 1. The summed E-state index contributed by atoms with van der Waals surface area (Å²) in [6.07, 6.45) is 2.01. The Morgan fingerprint density at radius 1 is 1.16 bits per heavy atom. The topological polar surface area (TPSA) is 113 Å². The van der Waals surface area contributed by atoms with Crippen molar-refractivity contribution in [2.75, 3.05) is 43.6 Å². The maximum absolute atomic E-state index is 13.2. The first-order valence-electron chi connectivity index (χ1n) is 11.8. The molecule has 2 aromatic heterocycles. The summed E-state index contributed by atoms with van der Waals surface area (Å²) < 4.78 is 6.83. The molecule has 0 atom stereocenters. The molecule has 1 aliphatic heterocycles. The first-order chi connectivity index (χ1) is 18.3. The minimum Gasteiger partial charge on any atom is -0.465 e. The van der Waals surface area contributed by atoms with Crippen LogP contribution in [0.3, 0.4) is 0 Å². The Balaban J connectivity index is 1.46. The molecule has 1 saturated heterocycles. The van der Waals surface area contributed by atoms with Crippen molar-refractivity contribution in [2.45, 2.75) is 6.54 Å². The average molecular weight is 555 g/mol. The first-order valence-corrected chi connectivity index (χ1v) is 12.6. The van der Waals surface area contributed by atoms with Crippen molar-refractivity contribution < 1.29 is 14.6 Å². The lowest BCUT2D eigenvalue weighted by atomic mass is 10.1. The minimum absolute atomic E-state index is 0.209. The number of aromatic nitrogens is 3. The molecule has 0 spiro atoms. The average Bonchev–Trinajstić information content (AvgIpc) is 2.90. The SMILES string of the molecule is CN(Cc1cc(Nc2ncc3c(=O)n(-c4c(Cl)cccc4Cl)ccc3n2)ccc1N1CCOCC1)C(=O)O. The highest BCUT2D eigenvalue weighted by Gasteiger charge is 2.18. The van der Waals surface area contributed by atoms with Crippen molar-refractivity contribution in [3.63, 3.8) is 0 Å². The predicted octanol–water partition coefficient (Wildman–Crippen LogP) is 4.78. The van der Waals surface area contributed by atoms with E-state index in [9.17, 15) is 14.7 Å². The van der Waals surface area contributed by atoms with Gasteiger partial charge in [0.15, 0.2) is 0 Å². The van der Waals surface area contributed by atoms with Crippen LogP contribution in [0.5, 0.6) is 0 Å². The van der Waals surface area contributed by atoms with Crippen LogP contribution >= 0.6 is 23.2 Å². The van der Waals surface area contributed by atoms with E-state index in [2.05, 4.69) is 20.2 Å². The fourth-order valence-corrected chi connectivity index (χ4v) is 4.92. The van der Waals surface area contributed by atoms with Crippen molar-refractivity contribution in [3.8, 4) is 5.69 Å². The molecule has 12 heteroatoms. The van der Waals surface area contributed by atoms with E-state index in [0.29, 0.717) is 51.5 Å². The lowest BCUT2D eigenvalue weighted by Crippen LogP contribution is -2.37. The maximum atomic E-state index is 13.2. The maximum Gasteiger partial charge on any atom is 0.407 e. The van der Waals surface area contributed by atoms with Gasteiger partial charge in [-0.2, -0.15) is 0 Å². The van der Waals surface area contributed by atoms with Crippen LogP contribution in [0.4, 0.5) is 22.1 Å². The Morgan fingerprint density at radius 3 is 2.61 bits per heavy atom. The molecule has 3 heterocycles. The molecule has 10 nitrogen and oxygen atoms in total. The summed E-state index contributed by atoms with van der Waals surface area (Å²) in [5, 5.41) is 13.6. The highest BCUT2D eigenvalue weighted by Crippen LogP contribution is 2.29. The molecule has 2 N–H and O–H groups in total. The summed E-state index contributed by atoms with van der Waals surface area (Å²) in [4.78, 5) is 36.9. The number of hydrogen-bond donors (Lipinski definition) is 2. The van der Waals surface area contributed by atoms with Gasteiger partial charge in [0.1, 0.15) is 0 Å². The third-order valence-corrected chi connectivity index (χ3v) is 6.86. The predicted molar refractivity (Wildman–Crippen MR) is 147 cm³/mol. The van der Waals surface area contributed by atoms with E-state index < -0.39 is 6.09 Å². The Bertz CT molecular complexity index is 1550. The molecule has 2 aromatic carbocycles. The number of nitrogens with zero attached hydrogens (tertiary/aromatic N) is 5. The van der Waals surface area contributed by atoms with Gasteiger partial charge in [-0.1, -0.05) is 29.3 Å². The first kappa shape index (κ1) is 25.8. The Morgan fingerprint density at radius 2 is 1.89 bits per heavy atom. The second-order valence-electron chi connectivity index (χ2n) is 8.76. The van der Waals surface area contributed by atoms with Gasteiger partial charge in [-0.05, 0) is 42.0 Å². The zero-order chi connectivity index (χ0) is 26.8. The number of ether oxygens (including phenoxy) is 1. The van der Waals surface area contributed by atoms with E-state index in [1.54, 1.807) is 30.5 Å². The Hall–Kier alpha value is -3.86. The third kappa shape index (κ3) is 5.24. The number of halogens is 2. The number of benzene rings is 2. The zero-order valence-electron chi connectivity index (χ0n) is 20.4. The molecule has 1 amide bonds. The Kier molecular flexibility index (Phi) is 7.37. The molecule has 1 fully saturated rings. The second-order valence-corrected chi connectivity index (χ2v) is 9.57. The number of carbonyl (C=O) groups is 1. The molecule has 0 radical (unpaired) electrons. The van der Waals surface area contributed by atoms with Crippen molar-refractivity contribution in [2.24, 2.45) is 0 Å². The monoisotopic (exact) mass is 554 g/mol. The van der Waals surface area contributed by atoms with E-state index in [1.807, 2.05) is 18.2 Å². The minimum atomic E-state index is -1.02. The third-order valence-electron chi connectivity index (χ3n) is 6.25. The number of rotatable bonds is 6. The van der Waals surface area contributed by atoms with Crippen LogP contribution in [0.25, 0.3) is 16.6 Å². The number of nitrogens with one attached hydrogen (secondary N) is 1. The van der Waals surface area contributed by atoms with Crippen molar-refractivity contribution in [1.29, 1.82) is 0 Å². The molecule has 5 rings (SSSR count). The lowest BCUT2D eigenvalue weighted by Gasteiger charge is -2.31. The van der Waals surface area contributed by atoms with Crippen LogP contribution in [-0.4, -0.2) is 64.0 Å². The molecular weight excluding hydrogens is 531 g/mol. The van der Waals surface area contributed by atoms with E-state index in [1.165, 1.54) is 22.7 Å². The molecule has 0 unspecified atom stereocenters. The highest BCUT2D eigenvalue weighted by atomic mass is 35.5. The van der Waals surface area contributed by atoms with Gasteiger partial charge in [0.05, 0.1) is 46.4 Å². The van der Waals surface area contributed by atoms with E-state index in [0.717, 1.165) is 24.3 Å². The Labute approximate surface area is 228 Å². The van der Waals surface area contributed by atoms with Gasteiger partial charge in [0.25, 0.3) is 5.56 Å². The quantitative estimate of drug-likeness (QED) is 0.350. The van der Waals surface area contributed by atoms with Crippen LogP contribution in [0.2, 0.25) is 10.0 Å². The number of morpholine rings is 1. The molecule has 0 saturated carbocycles. The second kappa shape index (κ2) is 10.9. The smallest absolute Gasteiger partial charge is 0.407 e. The number of hydrogen-bond acceptors (Lipinski definition) is 7. The molecule has 0 aliphatic carbocycles. The molecular formula is C26H24Cl2N6O4. The van der Waals surface area contributed by atoms with Gasteiger partial charge in [0.2, 0.25) is 5.95 Å². The van der Waals surface area contributed by atoms with Crippen molar-refractivity contribution in [1.82, 2.24) is 19.4 Å². The summed E-state index contributed by atoms with van der Waals surface area (Å²) in [6, 6.07) is 12.4. The van der Waals surface area contributed by atoms with Crippen LogP contribution in [0.15, 0.2) is 59.7 Å². The van der Waals surface area contributed by atoms with E-state index in [4.69, 9.17) is 27.9 Å². The molecule has 0 bridgehead atoms. The van der Waals surface area contributed by atoms with Gasteiger partial charge in [-0.25, -0.2) is 14.8 Å². The standard InChI is InChI=1S/C26H24Cl2N6O4/c1-32(26(36)37)15-16-13-17(5-6-22(16)33-9-11-38-12-10-33)30-25-29-14-18-21(31-25)7-8-34(24(18)35)23-19(27)3-2-4-20(23)28/h2-8,13-14H,9-12,15H2,1H3,(H,36,37)(H,29,30,31). The van der Waals surface area contributed by atoms with E-state index >= 15 is 0 Å². The number of carboxylic acid groups (broad SMARTS) is 1. The summed E-state index contributed by atoms with van der Waals surface area (Å²) in [5.74, 6) is 0.294. The van der Waals surface area contributed by atoms with Gasteiger partial charge < -0.3 is 25.0 Å². The summed E-state index contributed by atoms with van der Waals surface area (Å²) >= 11 is 12.6. The number of fused-ring (bicyclic) bond motifs is 1. The summed E-state index contributed by atoms with van der Waals surface area (Å²) in [5.41, 5.74) is 2.96. The van der Waals surface area contributed by atoms with E-state index in [-0.39, 0.29) is 12.1 Å². The molecule has 196 valence electrons. The van der Waals surface area contributed by atoms with Crippen LogP contribution < -0.4 is 15.8 Å². The van der Waals surface area contributed by atoms with Gasteiger partial charge in [-0.15, -0.1) is 0 Å². The van der Waals surface area contributed by atoms with Gasteiger partial charge in [-0.3, -0.25) is 9.36 Å². The number of para-hydroxylation sites is 1. The highest BCUT2D eigenvalue weighted by molar-refractivity contribution is 6.37. The molecule has 38 heavy (non-hydrogen) atoms. The number of anilines is 3. The molecule has 4 aromatic rings. The zero-order valence-corrected chi connectivity index (χ0v) is 21.9. The fourth-order valence-electron chi connectivity index (χ4n) is 4.34.